The van der Waals surface area contributed by atoms with Crippen molar-refractivity contribution in [2.24, 2.45) is 5.92 Å². The molecule has 0 bridgehead atoms. The first-order valence-electron chi connectivity index (χ1n) is 14.9. The highest BCUT2D eigenvalue weighted by Crippen LogP contribution is 2.43. The predicted molar refractivity (Wildman–Crippen MR) is 169 cm³/mol. The summed E-state index contributed by atoms with van der Waals surface area (Å²) in [5.41, 5.74) is 6.27. The summed E-state index contributed by atoms with van der Waals surface area (Å²) in [6.45, 7) is 11.5. The number of rotatable bonds is 12. The average Bonchev–Trinajstić information content (AvgIpc) is 3.01. The van der Waals surface area contributed by atoms with Gasteiger partial charge in [0.1, 0.15) is 11.5 Å². The van der Waals surface area contributed by atoms with Gasteiger partial charge in [0.15, 0.2) is 0 Å². The van der Waals surface area contributed by atoms with Gasteiger partial charge in [-0.1, -0.05) is 81.8 Å². The second kappa shape index (κ2) is 14.8. The Labute approximate surface area is 250 Å². The van der Waals surface area contributed by atoms with Gasteiger partial charge in [-0.3, -0.25) is 0 Å². The highest BCUT2D eigenvalue weighted by molar-refractivity contribution is 5.90. The van der Waals surface area contributed by atoms with Gasteiger partial charge in [-0.25, -0.2) is 9.59 Å². The SMILES string of the molecule is C=C(C)C(=O)Oc1ccc(-c2ccc(-c3ccc(OC(=O)C(=C)COC)cc3)cc2)c(C2CCC(CCCC)CC2)c1. The van der Waals surface area contributed by atoms with Crippen molar-refractivity contribution in [2.75, 3.05) is 13.7 Å². The lowest BCUT2D eigenvalue weighted by atomic mass is 9.75. The van der Waals surface area contributed by atoms with Crippen LogP contribution in [0.4, 0.5) is 0 Å². The topological polar surface area (TPSA) is 61.8 Å². The molecule has 0 amide bonds. The molecule has 3 aromatic carbocycles. The molecule has 0 N–H and O–H groups in total. The fourth-order valence-corrected chi connectivity index (χ4v) is 5.62. The Kier molecular flexibility index (Phi) is 10.9. The lowest BCUT2D eigenvalue weighted by Gasteiger charge is -2.30. The molecule has 0 saturated heterocycles. The molecule has 42 heavy (non-hydrogen) atoms. The minimum atomic E-state index is -0.500. The number of hydrogen-bond donors (Lipinski definition) is 0. The summed E-state index contributed by atoms with van der Waals surface area (Å²) in [5, 5.41) is 0. The maximum atomic E-state index is 12.2. The number of unbranched alkanes of at least 4 members (excludes halogenated alkanes) is 1. The fourth-order valence-electron chi connectivity index (χ4n) is 5.62. The van der Waals surface area contributed by atoms with Gasteiger partial charge in [-0.05, 0) is 96.5 Å². The summed E-state index contributed by atoms with van der Waals surface area (Å²) in [6, 6.07) is 21.9. The molecule has 1 saturated carbocycles. The molecule has 1 fully saturated rings. The first-order chi connectivity index (χ1) is 20.3. The van der Waals surface area contributed by atoms with E-state index >= 15 is 0 Å². The molecule has 0 radical (unpaired) electrons. The number of carbonyl (C=O) groups excluding carboxylic acids is 2. The van der Waals surface area contributed by atoms with E-state index in [9.17, 15) is 9.59 Å². The van der Waals surface area contributed by atoms with E-state index in [-0.39, 0.29) is 12.2 Å². The van der Waals surface area contributed by atoms with Gasteiger partial charge in [0.25, 0.3) is 0 Å². The van der Waals surface area contributed by atoms with Crippen LogP contribution in [-0.2, 0) is 14.3 Å². The number of hydrogen-bond acceptors (Lipinski definition) is 5. The standard InChI is InChI=1S/C37H42O5/c1-6-7-8-27-9-11-31(12-10-27)35-23-33(42-36(38)25(2)3)21-22-34(35)30-15-13-28(14-16-30)29-17-19-32(20-18-29)41-37(39)26(4)24-40-5/h13-23,27,31H,2,4,6-12,24H2,1,3,5H3. The number of carbonyl (C=O) groups is 2. The van der Waals surface area contributed by atoms with Gasteiger partial charge in [-0.2, -0.15) is 0 Å². The van der Waals surface area contributed by atoms with Crippen molar-refractivity contribution >= 4 is 11.9 Å². The zero-order valence-electron chi connectivity index (χ0n) is 25.1. The molecule has 5 nitrogen and oxygen atoms in total. The molecular weight excluding hydrogens is 524 g/mol. The van der Waals surface area contributed by atoms with E-state index in [2.05, 4.69) is 56.5 Å². The second-order valence-corrected chi connectivity index (χ2v) is 11.3. The van der Waals surface area contributed by atoms with Crippen LogP contribution in [0.25, 0.3) is 22.3 Å². The number of methoxy groups -OCH3 is 1. The summed E-state index contributed by atoms with van der Waals surface area (Å²) in [4.78, 5) is 24.3. The zero-order chi connectivity index (χ0) is 30.1. The molecule has 0 unspecified atom stereocenters. The molecule has 220 valence electrons. The van der Waals surface area contributed by atoms with Crippen LogP contribution in [0.5, 0.6) is 11.5 Å². The van der Waals surface area contributed by atoms with Crippen LogP contribution in [0.2, 0.25) is 0 Å². The predicted octanol–water partition coefficient (Wildman–Crippen LogP) is 9.07. The minimum absolute atomic E-state index is 0.133. The Bertz CT molecular complexity index is 1390. The van der Waals surface area contributed by atoms with Crippen LogP contribution < -0.4 is 9.47 Å². The number of ether oxygens (including phenoxy) is 3. The van der Waals surface area contributed by atoms with Crippen LogP contribution in [0.15, 0.2) is 91.0 Å². The molecule has 5 heteroatoms. The molecule has 1 aliphatic carbocycles. The summed E-state index contributed by atoms with van der Waals surface area (Å²) in [6.07, 6.45) is 8.64. The Morgan fingerprint density at radius 2 is 1.36 bits per heavy atom. The van der Waals surface area contributed by atoms with Crippen LogP contribution in [-0.4, -0.2) is 25.7 Å². The fraction of sp³-hybridized carbons (Fsp3) is 0.351. The Morgan fingerprint density at radius 3 is 1.95 bits per heavy atom. The van der Waals surface area contributed by atoms with Crippen molar-refractivity contribution in [3.8, 4) is 33.8 Å². The second-order valence-electron chi connectivity index (χ2n) is 11.3. The third-order valence-corrected chi connectivity index (χ3v) is 8.04. The Balaban J connectivity index is 1.54. The van der Waals surface area contributed by atoms with E-state index in [0.29, 0.717) is 23.0 Å². The molecule has 0 heterocycles. The lowest BCUT2D eigenvalue weighted by Crippen LogP contribution is -2.14. The summed E-state index contributed by atoms with van der Waals surface area (Å²) in [7, 11) is 1.51. The summed E-state index contributed by atoms with van der Waals surface area (Å²) >= 11 is 0. The number of esters is 2. The van der Waals surface area contributed by atoms with Gasteiger partial charge < -0.3 is 14.2 Å². The first-order valence-corrected chi connectivity index (χ1v) is 14.9. The highest BCUT2D eigenvalue weighted by atomic mass is 16.5. The van der Waals surface area contributed by atoms with Gasteiger partial charge in [-0.15, -0.1) is 0 Å². The average molecular weight is 567 g/mol. The van der Waals surface area contributed by atoms with Gasteiger partial charge in [0.05, 0.1) is 12.2 Å². The van der Waals surface area contributed by atoms with Crippen molar-refractivity contribution < 1.29 is 23.8 Å². The summed E-state index contributed by atoms with van der Waals surface area (Å²) < 4.78 is 16.0. The van der Waals surface area contributed by atoms with Crippen molar-refractivity contribution in [3.63, 3.8) is 0 Å². The van der Waals surface area contributed by atoms with Gasteiger partial charge in [0, 0.05) is 12.7 Å². The summed E-state index contributed by atoms with van der Waals surface area (Å²) in [5.74, 6) is 1.36. The molecule has 0 aromatic heterocycles. The maximum absolute atomic E-state index is 12.2. The first kappa shape index (κ1) is 31.0. The zero-order valence-corrected chi connectivity index (χ0v) is 25.1. The molecule has 0 spiro atoms. The van der Waals surface area contributed by atoms with E-state index in [1.807, 2.05) is 18.2 Å². The highest BCUT2D eigenvalue weighted by Gasteiger charge is 2.25. The van der Waals surface area contributed by atoms with Crippen LogP contribution in [0.1, 0.15) is 70.3 Å². The van der Waals surface area contributed by atoms with Crippen molar-refractivity contribution in [3.05, 3.63) is 96.6 Å². The van der Waals surface area contributed by atoms with Crippen LogP contribution >= 0.6 is 0 Å². The van der Waals surface area contributed by atoms with Crippen LogP contribution in [0, 0.1) is 5.92 Å². The van der Waals surface area contributed by atoms with E-state index in [4.69, 9.17) is 14.2 Å². The number of benzene rings is 3. The molecule has 1 aliphatic rings. The van der Waals surface area contributed by atoms with Gasteiger partial charge in [0.2, 0.25) is 0 Å². The van der Waals surface area contributed by atoms with E-state index in [1.54, 1.807) is 19.1 Å². The molecular formula is C37H42O5. The third kappa shape index (κ3) is 8.07. The van der Waals surface area contributed by atoms with Crippen LogP contribution in [0.3, 0.4) is 0 Å². The van der Waals surface area contributed by atoms with Crippen molar-refractivity contribution in [1.82, 2.24) is 0 Å². The maximum Gasteiger partial charge on any atom is 0.341 e. The van der Waals surface area contributed by atoms with E-state index in [0.717, 1.165) is 35.4 Å². The Hall–Kier alpha value is -3.96. The smallest absolute Gasteiger partial charge is 0.341 e. The largest absolute Gasteiger partial charge is 0.423 e. The normalized spacial score (nSPS) is 16.5. The molecule has 3 aromatic rings. The van der Waals surface area contributed by atoms with E-state index in [1.165, 1.54) is 50.3 Å². The van der Waals surface area contributed by atoms with Gasteiger partial charge >= 0.3 is 11.9 Å². The molecule has 4 rings (SSSR count). The quantitative estimate of drug-likeness (QED) is 0.124. The Morgan fingerprint density at radius 1 is 0.786 bits per heavy atom. The van der Waals surface area contributed by atoms with Crippen molar-refractivity contribution in [2.45, 2.75) is 64.7 Å². The third-order valence-electron chi connectivity index (χ3n) is 8.04. The monoisotopic (exact) mass is 566 g/mol. The minimum Gasteiger partial charge on any atom is -0.423 e. The van der Waals surface area contributed by atoms with Crippen molar-refractivity contribution in [1.29, 1.82) is 0 Å². The van der Waals surface area contributed by atoms with E-state index < -0.39 is 11.9 Å². The molecule has 0 aliphatic heterocycles. The molecule has 0 atom stereocenters. The lowest BCUT2D eigenvalue weighted by molar-refractivity contribution is -0.131.